The minimum atomic E-state index is -0.931. The van der Waals surface area contributed by atoms with Crippen molar-refractivity contribution in [3.63, 3.8) is 0 Å². The van der Waals surface area contributed by atoms with Crippen LogP contribution < -0.4 is 0 Å². The van der Waals surface area contributed by atoms with Gasteiger partial charge in [-0.05, 0) is 42.7 Å². The monoisotopic (exact) mass is 346 g/mol. The van der Waals surface area contributed by atoms with E-state index in [0.29, 0.717) is 31.7 Å². The summed E-state index contributed by atoms with van der Waals surface area (Å²) in [6, 6.07) is 6.82. The van der Waals surface area contributed by atoms with Gasteiger partial charge in [0.15, 0.2) is 11.6 Å². The molecule has 2 atom stereocenters. The number of benzene rings is 1. The van der Waals surface area contributed by atoms with E-state index in [9.17, 15) is 13.6 Å². The van der Waals surface area contributed by atoms with Gasteiger partial charge in [0.25, 0.3) is 0 Å². The van der Waals surface area contributed by atoms with Gasteiger partial charge in [-0.2, -0.15) is 0 Å². The van der Waals surface area contributed by atoms with E-state index in [2.05, 4.69) is 4.98 Å². The number of hydrogen-bond acceptors (Lipinski definition) is 3. The van der Waals surface area contributed by atoms with Gasteiger partial charge in [0, 0.05) is 25.5 Å². The molecule has 1 saturated heterocycles. The quantitative estimate of drug-likeness (QED) is 0.834. The van der Waals surface area contributed by atoms with E-state index >= 15 is 0 Å². The molecular weight excluding hydrogens is 326 g/mol. The summed E-state index contributed by atoms with van der Waals surface area (Å²) in [4.78, 5) is 18.8. The third-order valence-corrected chi connectivity index (χ3v) is 4.47. The molecule has 0 saturated carbocycles. The second kappa shape index (κ2) is 7.70. The van der Waals surface area contributed by atoms with Crippen molar-refractivity contribution in [2.45, 2.75) is 19.4 Å². The van der Waals surface area contributed by atoms with Crippen molar-refractivity contribution in [1.82, 2.24) is 9.88 Å². The average molecular weight is 346 g/mol. The molecule has 25 heavy (non-hydrogen) atoms. The third-order valence-electron chi connectivity index (χ3n) is 4.47. The maximum Gasteiger partial charge on any atom is 0.228 e. The molecule has 1 aliphatic heterocycles. The molecule has 6 heteroatoms. The number of ether oxygens (including phenoxy) is 1. The van der Waals surface area contributed by atoms with Crippen LogP contribution in [0.15, 0.2) is 42.7 Å². The van der Waals surface area contributed by atoms with Gasteiger partial charge in [-0.1, -0.05) is 12.1 Å². The van der Waals surface area contributed by atoms with Crippen molar-refractivity contribution in [1.29, 1.82) is 0 Å². The number of halogens is 2. The lowest BCUT2D eigenvalue weighted by Gasteiger charge is -2.33. The van der Waals surface area contributed by atoms with Gasteiger partial charge in [0.2, 0.25) is 5.91 Å². The molecule has 2 aromatic rings. The maximum absolute atomic E-state index is 13.8. The Hall–Kier alpha value is -2.34. The first-order valence-corrected chi connectivity index (χ1v) is 8.35. The largest absolute Gasteiger partial charge is 0.381 e. The molecule has 1 fully saturated rings. The zero-order valence-electron chi connectivity index (χ0n) is 14.0. The van der Waals surface area contributed by atoms with E-state index in [0.717, 1.165) is 17.7 Å². The summed E-state index contributed by atoms with van der Waals surface area (Å²) in [6.07, 6.45) is 3.95. The van der Waals surface area contributed by atoms with Gasteiger partial charge in [0.05, 0.1) is 18.6 Å². The summed E-state index contributed by atoms with van der Waals surface area (Å²) in [5.74, 6) is -2.09. The van der Waals surface area contributed by atoms with Crippen LogP contribution in [-0.4, -0.2) is 35.5 Å². The summed E-state index contributed by atoms with van der Waals surface area (Å²) in [7, 11) is 0. The fourth-order valence-corrected chi connectivity index (χ4v) is 3.20. The highest BCUT2D eigenvalue weighted by Crippen LogP contribution is 2.31. The summed E-state index contributed by atoms with van der Waals surface area (Å²) < 4.78 is 32.5. The number of pyridine rings is 1. The number of aromatic nitrogens is 1. The Balaban J connectivity index is 2.02. The van der Waals surface area contributed by atoms with E-state index in [1.807, 2.05) is 13.0 Å². The van der Waals surface area contributed by atoms with E-state index in [1.54, 1.807) is 23.4 Å². The van der Waals surface area contributed by atoms with Crippen molar-refractivity contribution in [3.05, 3.63) is 65.5 Å². The number of carbonyl (C=O) groups is 1. The zero-order chi connectivity index (χ0) is 17.8. The first kappa shape index (κ1) is 17.5. The van der Waals surface area contributed by atoms with Crippen molar-refractivity contribution >= 4 is 5.91 Å². The fraction of sp³-hybridized carbons (Fsp3) is 0.368. The Kier molecular flexibility index (Phi) is 5.38. The first-order chi connectivity index (χ1) is 12.1. The van der Waals surface area contributed by atoms with Gasteiger partial charge in [-0.25, -0.2) is 8.78 Å². The Morgan fingerprint density at radius 1 is 1.32 bits per heavy atom. The van der Waals surface area contributed by atoms with Crippen LogP contribution >= 0.6 is 0 Å². The molecule has 0 N–H and O–H groups in total. The molecule has 0 radical (unpaired) electrons. The predicted molar refractivity (Wildman–Crippen MR) is 88.8 cm³/mol. The topological polar surface area (TPSA) is 42.4 Å². The molecular formula is C19H20F2N2O2. The van der Waals surface area contributed by atoms with Gasteiger partial charge >= 0.3 is 0 Å². The van der Waals surface area contributed by atoms with Crippen molar-refractivity contribution < 1.29 is 18.3 Å². The standard InChI is InChI=1S/C19H20F2N2O2/c1-2-23(19(24)15-7-9-25-12-15)18(14-4-3-8-22-11-14)13-5-6-16(20)17(21)10-13/h3-6,8,10-11,15,18H,2,7,9,12H2,1H3/t15-,18-/m1/s1. The van der Waals surface area contributed by atoms with E-state index in [4.69, 9.17) is 4.74 Å². The van der Waals surface area contributed by atoms with Crippen LogP contribution in [0.5, 0.6) is 0 Å². The smallest absolute Gasteiger partial charge is 0.228 e. The second-order valence-corrected chi connectivity index (χ2v) is 6.05. The highest BCUT2D eigenvalue weighted by molar-refractivity contribution is 5.80. The summed E-state index contributed by atoms with van der Waals surface area (Å²) >= 11 is 0. The van der Waals surface area contributed by atoms with Gasteiger partial charge in [-0.3, -0.25) is 9.78 Å². The molecule has 132 valence electrons. The van der Waals surface area contributed by atoms with Gasteiger partial charge in [-0.15, -0.1) is 0 Å². The molecule has 0 unspecified atom stereocenters. The van der Waals surface area contributed by atoms with Crippen LogP contribution in [0.3, 0.4) is 0 Å². The molecule has 3 rings (SSSR count). The van der Waals surface area contributed by atoms with Crippen molar-refractivity contribution in [2.75, 3.05) is 19.8 Å². The SMILES string of the molecule is CCN(C(=O)[C@@H]1CCOC1)[C@@H](c1cccnc1)c1ccc(F)c(F)c1. The number of nitrogens with zero attached hydrogens (tertiary/aromatic N) is 2. The molecule has 1 amide bonds. The van der Waals surface area contributed by atoms with Crippen LogP contribution in [-0.2, 0) is 9.53 Å². The molecule has 2 heterocycles. The van der Waals surface area contributed by atoms with Crippen LogP contribution in [0.25, 0.3) is 0 Å². The van der Waals surface area contributed by atoms with Crippen LogP contribution in [0, 0.1) is 17.6 Å². The van der Waals surface area contributed by atoms with Crippen LogP contribution in [0.2, 0.25) is 0 Å². The third kappa shape index (κ3) is 3.69. The lowest BCUT2D eigenvalue weighted by Crippen LogP contribution is -2.39. The highest BCUT2D eigenvalue weighted by Gasteiger charge is 2.33. The fourth-order valence-electron chi connectivity index (χ4n) is 3.20. The molecule has 4 nitrogen and oxygen atoms in total. The Bertz CT molecular complexity index is 733. The lowest BCUT2D eigenvalue weighted by atomic mass is 9.96. The number of amides is 1. The molecule has 0 spiro atoms. The number of carbonyl (C=O) groups excluding carboxylic acids is 1. The Morgan fingerprint density at radius 3 is 2.76 bits per heavy atom. The molecule has 0 aliphatic carbocycles. The van der Waals surface area contributed by atoms with Crippen molar-refractivity contribution in [2.24, 2.45) is 5.92 Å². The van der Waals surface area contributed by atoms with E-state index in [1.165, 1.54) is 6.07 Å². The molecule has 1 aromatic carbocycles. The van der Waals surface area contributed by atoms with Gasteiger partial charge in [0.1, 0.15) is 0 Å². The van der Waals surface area contributed by atoms with Crippen LogP contribution in [0.4, 0.5) is 8.78 Å². The number of hydrogen-bond donors (Lipinski definition) is 0. The Labute approximate surface area is 145 Å². The summed E-state index contributed by atoms with van der Waals surface area (Å²) in [5.41, 5.74) is 1.27. The molecule has 1 aliphatic rings. The minimum Gasteiger partial charge on any atom is -0.381 e. The maximum atomic E-state index is 13.8. The summed E-state index contributed by atoms with van der Waals surface area (Å²) in [6.45, 7) is 3.27. The van der Waals surface area contributed by atoms with E-state index < -0.39 is 17.7 Å². The minimum absolute atomic E-state index is 0.0430. The average Bonchev–Trinajstić information content (AvgIpc) is 3.17. The van der Waals surface area contributed by atoms with Gasteiger partial charge < -0.3 is 9.64 Å². The van der Waals surface area contributed by atoms with Crippen LogP contribution in [0.1, 0.15) is 30.5 Å². The second-order valence-electron chi connectivity index (χ2n) is 6.05. The van der Waals surface area contributed by atoms with E-state index in [-0.39, 0.29) is 11.8 Å². The highest BCUT2D eigenvalue weighted by atomic mass is 19.2. The predicted octanol–water partition coefficient (Wildman–Crippen LogP) is 3.33. The number of rotatable bonds is 5. The first-order valence-electron chi connectivity index (χ1n) is 8.35. The zero-order valence-corrected chi connectivity index (χ0v) is 14.0. The molecule has 0 bridgehead atoms. The molecule has 1 aromatic heterocycles. The summed E-state index contributed by atoms with van der Waals surface area (Å²) in [5, 5.41) is 0. The normalized spacial score (nSPS) is 18.1. The Morgan fingerprint density at radius 2 is 2.16 bits per heavy atom. The van der Waals surface area contributed by atoms with Crippen molar-refractivity contribution in [3.8, 4) is 0 Å². The lowest BCUT2D eigenvalue weighted by molar-refractivity contribution is -0.137.